The summed E-state index contributed by atoms with van der Waals surface area (Å²) in [6, 6.07) is 10.9. The van der Waals surface area contributed by atoms with Crippen molar-refractivity contribution in [2.24, 2.45) is 0 Å². The highest BCUT2D eigenvalue weighted by atomic mass is 16.1. The maximum atomic E-state index is 11.9. The van der Waals surface area contributed by atoms with Crippen molar-refractivity contribution in [1.29, 1.82) is 0 Å². The Hall–Kier alpha value is -1.61. The number of aryl methyl sites for hydroxylation is 1. The summed E-state index contributed by atoms with van der Waals surface area (Å²) in [5.41, 5.74) is 1.48. The molecular formula is C31H54N2O. The van der Waals surface area contributed by atoms with Gasteiger partial charge in [-0.2, -0.15) is 0 Å². The zero-order valence-corrected chi connectivity index (χ0v) is 22.5. The molecule has 0 aliphatic heterocycles. The highest BCUT2D eigenvalue weighted by Crippen LogP contribution is 2.12. The maximum Gasteiger partial charge on any atom is 0.220 e. The van der Waals surface area contributed by atoms with Gasteiger partial charge in [-0.05, 0) is 63.6 Å². The van der Waals surface area contributed by atoms with Crippen LogP contribution >= 0.6 is 0 Å². The van der Waals surface area contributed by atoms with Gasteiger partial charge < -0.3 is 10.2 Å². The van der Waals surface area contributed by atoms with E-state index in [1.54, 1.807) is 0 Å². The molecule has 1 N–H and O–H groups in total. The van der Waals surface area contributed by atoms with E-state index in [4.69, 9.17) is 0 Å². The Morgan fingerprint density at radius 2 is 1.26 bits per heavy atom. The number of likely N-dealkylation sites (N-methyl/N-ethyl adjacent to an activating group) is 1. The van der Waals surface area contributed by atoms with E-state index >= 15 is 0 Å². The molecule has 0 spiro atoms. The molecule has 0 bridgehead atoms. The molecule has 0 saturated heterocycles. The number of hydrogen-bond donors (Lipinski definition) is 1. The standard InChI is InChI=1S/C31H54N2O/c1-3-33(4-2)29-28-32-31(34)27-23-18-16-14-12-10-8-6-5-7-9-11-13-15-17-20-24-30-25-21-19-22-26-30/h6,8,19,21-22,25-26H,3-5,7,9-18,20,23-24,27-29H2,1-2H3,(H,32,34)/b8-6-. The first-order valence-corrected chi connectivity index (χ1v) is 14.4. The molecule has 0 aliphatic carbocycles. The number of rotatable bonds is 23. The van der Waals surface area contributed by atoms with Crippen LogP contribution in [0.4, 0.5) is 0 Å². The smallest absolute Gasteiger partial charge is 0.220 e. The molecule has 0 aliphatic rings. The number of allylic oxidation sites excluding steroid dienone is 2. The zero-order valence-electron chi connectivity index (χ0n) is 22.5. The van der Waals surface area contributed by atoms with Crippen molar-refractivity contribution in [3.8, 4) is 0 Å². The molecule has 0 fully saturated rings. The Labute approximate surface area is 211 Å². The fraction of sp³-hybridized carbons (Fsp3) is 0.710. The topological polar surface area (TPSA) is 32.3 Å². The van der Waals surface area contributed by atoms with Gasteiger partial charge in [-0.1, -0.05) is 108 Å². The summed E-state index contributed by atoms with van der Waals surface area (Å²) < 4.78 is 0. The fourth-order valence-corrected chi connectivity index (χ4v) is 4.42. The Morgan fingerprint density at radius 3 is 1.85 bits per heavy atom. The summed E-state index contributed by atoms with van der Waals surface area (Å²) in [4.78, 5) is 14.2. The monoisotopic (exact) mass is 470 g/mol. The Morgan fingerprint density at radius 1 is 0.735 bits per heavy atom. The highest BCUT2D eigenvalue weighted by molar-refractivity contribution is 5.75. The first kappa shape index (κ1) is 30.4. The minimum absolute atomic E-state index is 0.221. The molecule has 0 atom stereocenters. The molecule has 0 heterocycles. The van der Waals surface area contributed by atoms with Gasteiger partial charge in [-0.15, -0.1) is 0 Å². The lowest BCUT2D eigenvalue weighted by atomic mass is 10.0. The average Bonchev–Trinajstić information content (AvgIpc) is 2.86. The van der Waals surface area contributed by atoms with Gasteiger partial charge in [0.05, 0.1) is 0 Å². The van der Waals surface area contributed by atoms with Gasteiger partial charge in [-0.25, -0.2) is 0 Å². The van der Waals surface area contributed by atoms with Crippen molar-refractivity contribution in [2.45, 2.75) is 117 Å². The zero-order chi connectivity index (χ0) is 24.5. The highest BCUT2D eigenvalue weighted by Gasteiger charge is 2.02. The normalized spacial score (nSPS) is 11.5. The van der Waals surface area contributed by atoms with Crippen LogP contribution in [0.15, 0.2) is 42.5 Å². The first-order valence-electron chi connectivity index (χ1n) is 14.4. The molecule has 3 nitrogen and oxygen atoms in total. The van der Waals surface area contributed by atoms with Crippen LogP contribution in [0.3, 0.4) is 0 Å². The van der Waals surface area contributed by atoms with Crippen LogP contribution in [0.1, 0.15) is 116 Å². The van der Waals surface area contributed by atoms with Crippen LogP contribution in [-0.4, -0.2) is 37.0 Å². The van der Waals surface area contributed by atoms with E-state index in [1.807, 2.05) is 0 Å². The third-order valence-electron chi connectivity index (χ3n) is 6.76. The lowest BCUT2D eigenvalue weighted by molar-refractivity contribution is -0.121. The number of hydrogen-bond acceptors (Lipinski definition) is 2. The molecule has 1 aromatic rings. The largest absolute Gasteiger partial charge is 0.355 e. The van der Waals surface area contributed by atoms with Crippen molar-refractivity contribution in [2.75, 3.05) is 26.2 Å². The van der Waals surface area contributed by atoms with Gasteiger partial charge in [0.25, 0.3) is 0 Å². The van der Waals surface area contributed by atoms with Gasteiger partial charge in [0.2, 0.25) is 5.91 Å². The van der Waals surface area contributed by atoms with Gasteiger partial charge in [0, 0.05) is 19.5 Å². The first-order chi connectivity index (χ1) is 16.8. The number of nitrogens with one attached hydrogen (secondary N) is 1. The van der Waals surface area contributed by atoms with E-state index in [9.17, 15) is 4.79 Å². The number of amides is 1. The number of nitrogens with zero attached hydrogens (tertiary/aromatic N) is 1. The number of benzene rings is 1. The van der Waals surface area contributed by atoms with Gasteiger partial charge in [-0.3, -0.25) is 4.79 Å². The molecule has 0 unspecified atom stereocenters. The molecular weight excluding hydrogens is 416 g/mol. The second-order valence-electron chi connectivity index (χ2n) is 9.65. The Balaban J connectivity index is 1.76. The molecule has 194 valence electrons. The van der Waals surface area contributed by atoms with Gasteiger partial charge in [0.15, 0.2) is 0 Å². The van der Waals surface area contributed by atoms with E-state index < -0.39 is 0 Å². The van der Waals surface area contributed by atoms with Crippen LogP contribution < -0.4 is 5.32 Å². The quantitative estimate of drug-likeness (QED) is 0.129. The summed E-state index contributed by atoms with van der Waals surface area (Å²) in [6.45, 7) is 8.18. The lowest BCUT2D eigenvalue weighted by Crippen LogP contribution is -2.34. The van der Waals surface area contributed by atoms with Crippen LogP contribution in [0.5, 0.6) is 0 Å². The average molecular weight is 471 g/mol. The third-order valence-corrected chi connectivity index (χ3v) is 6.76. The van der Waals surface area contributed by atoms with E-state index in [2.05, 4.69) is 66.5 Å². The van der Waals surface area contributed by atoms with Crippen molar-refractivity contribution < 1.29 is 4.79 Å². The fourth-order valence-electron chi connectivity index (χ4n) is 4.42. The molecule has 0 aromatic heterocycles. The van der Waals surface area contributed by atoms with Crippen molar-refractivity contribution >= 4 is 5.91 Å². The molecule has 1 aromatic carbocycles. The molecule has 3 heteroatoms. The number of unbranched alkanes of at least 4 members (excludes halogenated alkanes) is 12. The van der Waals surface area contributed by atoms with Crippen molar-refractivity contribution in [1.82, 2.24) is 10.2 Å². The minimum atomic E-state index is 0.221. The number of carbonyl (C=O) groups is 1. The lowest BCUT2D eigenvalue weighted by Gasteiger charge is -2.17. The second kappa shape index (κ2) is 23.1. The molecule has 1 rings (SSSR count). The van der Waals surface area contributed by atoms with Crippen LogP contribution in [0.2, 0.25) is 0 Å². The van der Waals surface area contributed by atoms with Crippen LogP contribution in [-0.2, 0) is 11.2 Å². The Kier molecular flexibility index (Phi) is 20.7. The summed E-state index contributed by atoms with van der Waals surface area (Å²) in [5.74, 6) is 0.221. The number of carbonyl (C=O) groups excluding carboxylic acids is 1. The summed E-state index contributed by atoms with van der Waals surface area (Å²) in [7, 11) is 0. The van der Waals surface area contributed by atoms with E-state index in [1.165, 1.54) is 95.5 Å². The predicted molar refractivity (Wildman–Crippen MR) is 149 cm³/mol. The van der Waals surface area contributed by atoms with Crippen molar-refractivity contribution in [3.63, 3.8) is 0 Å². The van der Waals surface area contributed by atoms with Crippen LogP contribution in [0, 0.1) is 0 Å². The summed E-state index contributed by atoms with van der Waals surface area (Å²) in [5, 5.41) is 3.05. The molecule has 0 saturated carbocycles. The van der Waals surface area contributed by atoms with E-state index in [0.717, 1.165) is 32.6 Å². The maximum absolute atomic E-state index is 11.9. The van der Waals surface area contributed by atoms with Crippen LogP contribution in [0.25, 0.3) is 0 Å². The van der Waals surface area contributed by atoms with Gasteiger partial charge >= 0.3 is 0 Å². The predicted octanol–water partition coefficient (Wildman–Crippen LogP) is 8.09. The SMILES string of the molecule is CCN(CC)CCNC(=O)CCCCCCC/C=C\CCCCCCCCCc1ccccc1. The molecule has 1 amide bonds. The Bertz CT molecular complexity index is 595. The third kappa shape index (κ3) is 18.8. The second-order valence-corrected chi connectivity index (χ2v) is 9.65. The molecule has 34 heavy (non-hydrogen) atoms. The summed E-state index contributed by atoms with van der Waals surface area (Å²) >= 11 is 0. The van der Waals surface area contributed by atoms with Crippen molar-refractivity contribution in [3.05, 3.63) is 48.0 Å². The van der Waals surface area contributed by atoms with E-state index in [0.29, 0.717) is 6.42 Å². The summed E-state index contributed by atoms with van der Waals surface area (Å²) in [6.07, 6.45) is 24.8. The van der Waals surface area contributed by atoms with Gasteiger partial charge in [0.1, 0.15) is 0 Å². The molecule has 0 radical (unpaired) electrons. The minimum Gasteiger partial charge on any atom is -0.355 e. The van der Waals surface area contributed by atoms with E-state index in [-0.39, 0.29) is 5.91 Å².